The van der Waals surface area contributed by atoms with Crippen LogP contribution in [0.15, 0.2) is 72.8 Å². The number of ether oxygens (including phenoxy) is 1. The molecule has 0 aliphatic heterocycles. The van der Waals surface area contributed by atoms with Crippen LogP contribution >= 0.6 is 11.6 Å². The second-order valence-electron chi connectivity index (χ2n) is 6.50. The van der Waals surface area contributed by atoms with Crippen molar-refractivity contribution in [1.29, 1.82) is 0 Å². The predicted octanol–water partition coefficient (Wildman–Crippen LogP) is 6.61. The minimum atomic E-state index is -4.50. The van der Waals surface area contributed by atoms with E-state index in [9.17, 15) is 13.2 Å². The molecule has 0 radical (unpaired) electrons. The van der Waals surface area contributed by atoms with Gasteiger partial charge in [-0.15, -0.1) is 10.2 Å². The number of halogens is 4. The first-order valence-corrected chi connectivity index (χ1v) is 9.31. The molecule has 0 spiro atoms. The highest BCUT2D eigenvalue weighted by atomic mass is 35.5. The van der Waals surface area contributed by atoms with Crippen molar-refractivity contribution in [2.45, 2.75) is 6.18 Å². The molecular formula is C22H15ClF3N3O. The first-order valence-electron chi connectivity index (χ1n) is 8.93. The highest BCUT2D eigenvalue weighted by Gasteiger charge is 2.34. The fourth-order valence-corrected chi connectivity index (χ4v) is 3.22. The molecule has 0 fully saturated rings. The Labute approximate surface area is 175 Å². The van der Waals surface area contributed by atoms with Crippen molar-refractivity contribution in [2.24, 2.45) is 7.05 Å². The number of rotatable bonds is 4. The van der Waals surface area contributed by atoms with E-state index in [4.69, 9.17) is 16.3 Å². The minimum Gasteiger partial charge on any atom is -0.457 e. The van der Waals surface area contributed by atoms with Crippen molar-refractivity contribution >= 4 is 11.6 Å². The van der Waals surface area contributed by atoms with Crippen molar-refractivity contribution in [2.75, 3.05) is 0 Å². The molecule has 1 aromatic heterocycles. The van der Waals surface area contributed by atoms with Gasteiger partial charge in [0.1, 0.15) is 11.5 Å². The summed E-state index contributed by atoms with van der Waals surface area (Å²) in [6.07, 6.45) is -4.50. The standard InChI is InChI=1S/C22H15ClF3N3O/c1-29-20(16-6-2-4-8-18(16)22(24,25)26)27-28-21(29)17-7-3-5-9-19(17)30-15-12-10-14(23)11-13-15/h2-13H,1H3. The SMILES string of the molecule is Cn1c(-c2ccccc2Oc2ccc(Cl)cc2)nnc1-c1ccccc1C(F)(F)F. The lowest BCUT2D eigenvalue weighted by Gasteiger charge is -2.13. The average molecular weight is 430 g/mol. The molecule has 30 heavy (non-hydrogen) atoms. The summed E-state index contributed by atoms with van der Waals surface area (Å²) in [6, 6.07) is 19.3. The topological polar surface area (TPSA) is 39.9 Å². The van der Waals surface area contributed by atoms with Crippen molar-refractivity contribution in [3.8, 4) is 34.3 Å². The van der Waals surface area contributed by atoms with Gasteiger partial charge in [0.25, 0.3) is 0 Å². The number of nitrogens with zero attached hydrogens (tertiary/aromatic N) is 3. The summed E-state index contributed by atoms with van der Waals surface area (Å²) >= 11 is 5.91. The van der Waals surface area contributed by atoms with Gasteiger partial charge in [-0.2, -0.15) is 13.2 Å². The first kappa shape index (κ1) is 20.0. The molecule has 152 valence electrons. The van der Waals surface area contributed by atoms with Gasteiger partial charge in [0.2, 0.25) is 0 Å². The Morgan fingerprint density at radius 3 is 2.03 bits per heavy atom. The summed E-state index contributed by atoms with van der Waals surface area (Å²) in [7, 11) is 1.62. The largest absolute Gasteiger partial charge is 0.457 e. The zero-order valence-corrected chi connectivity index (χ0v) is 16.4. The maximum Gasteiger partial charge on any atom is 0.417 e. The molecule has 0 N–H and O–H groups in total. The average Bonchev–Trinajstić information content (AvgIpc) is 3.10. The van der Waals surface area contributed by atoms with Crippen LogP contribution in [0.1, 0.15) is 5.56 Å². The summed E-state index contributed by atoms with van der Waals surface area (Å²) < 4.78 is 47.8. The van der Waals surface area contributed by atoms with Gasteiger partial charge in [0.15, 0.2) is 11.6 Å². The Balaban J connectivity index is 1.77. The van der Waals surface area contributed by atoms with E-state index in [1.165, 1.54) is 22.8 Å². The fraction of sp³-hybridized carbons (Fsp3) is 0.0909. The van der Waals surface area contributed by atoms with Crippen LogP contribution in [0, 0.1) is 0 Å². The number of benzene rings is 3. The number of hydrogen-bond donors (Lipinski definition) is 0. The number of alkyl halides is 3. The van der Waals surface area contributed by atoms with Crippen LogP contribution in [0.3, 0.4) is 0 Å². The van der Waals surface area contributed by atoms with Gasteiger partial charge in [-0.05, 0) is 42.5 Å². The van der Waals surface area contributed by atoms with Crippen LogP contribution in [0.2, 0.25) is 5.02 Å². The lowest BCUT2D eigenvalue weighted by Crippen LogP contribution is -2.08. The number of para-hydroxylation sites is 1. The molecule has 1 heterocycles. The summed E-state index contributed by atoms with van der Waals surface area (Å²) in [5, 5.41) is 8.76. The third-order valence-corrected chi connectivity index (χ3v) is 4.77. The maximum atomic E-state index is 13.4. The second-order valence-corrected chi connectivity index (χ2v) is 6.94. The molecule has 0 aliphatic carbocycles. The lowest BCUT2D eigenvalue weighted by atomic mass is 10.1. The van der Waals surface area contributed by atoms with E-state index >= 15 is 0 Å². The van der Waals surface area contributed by atoms with E-state index in [0.717, 1.165) is 6.07 Å². The van der Waals surface area contributed by atoms with Gasteiger partial charge >= 0.3 is 6.18 Å². The normalized spacial score (nSPS) is 11.5. The Morgan fingerprint density at radius 1 is 0.800 bits per heavy atom. The van der Waals surface area contributed by atoms with E-state index in [1.807, 2.05) is 0 Å². The molecule has 4 nitrogen and oxygen atoms in total. The van der Waals surface area contributed by atoms with Crippen molar-refractivity contribution in [3.63, 3.8) is 0 Å². The Bertz CT molecular complexity index is 1190. The summed E-state index contributed by atoms with van der Waals surface area (Å²) in [5.41, 5.74) is -0.210. The molecular weight excluding hydrogens is 415 g/mol. The van der Waals surface area contributed by atoms with E-state index in [-0.39, 0.29) is 11.4 Å². The molecule has 0 atom stereocenters. The molecule has 4 rings (SSSR count). The van der Waals surface area contributed by atoms with Crippen LogP contribution in [0.5, 0.6) is 11.5 Å². The van der Waals surface area contributed by atoms with Gasteiger partial charge < -0.3 is 9.30 Å². The van der Waals surface area contributed by atoms with Crippen LogP contribution in [0.4, 0.5) is 13.2 Å². The van der Waals surface area contributed by atoms with Crippen LogP contribution < -0.4 is 4.74 Å². The van der Waals surface area contributed by atoms with Crippen LogP contribution in [-0.4, -0.2) is 14.8 Å². The monoisotopic (exact) mass is 429 g/mol. The van der Waals surface area contributed by atoms with Gasteiger partial charge in [0.05, 0.1) is 11.1 Å². The molecule has 0 bridgehead atoms. The zero-order valence-electron chi connectivity index (χ0n) is 15.7. The van der Waals surface area contributed by atoms with Crippen LogP contribution in [0.25, 0.3) is 22.8 Å². The highest BCUT2D eigenvalue weighted by molar-refractivity contribution is 6.30. The van der Waals surface area contributed by atoms with E-state index in [2.05, 4.69) is 10.2 Å². The maximum absolute atomic E-state index is 13.4. The zero-order chi connectivity index (χ0) is 21.3. The number of hydrogen-bond acceptors (Lipinski definition) is 3. The molecule has 0 unspecified atom stereocenters. The molecule has 0 saturated heterocycles. The molecule has 0 amide bonds. The first-order chi connectivity index (χ1) is 14.3. The molecule has 0 aliphatic rings. The quantitative estimate of drug-likeness (QED) is 0.366. The highest BCUT2D eigenvalue weighted by Crippen LogP contribution is 2.38. The minimum absolute atomic E-state index is 0.0395. The second kappa shape index (κ2) is 7.84. The number of aromatic nitrogens is 3. The smallest absolute Gasteiger partial charge is 0.417 e. The molecule has 0 saturated carbocycles. The summed E-state index contributed by atoms with van der Waals surface area (Å²) in [6.45, 7) is 0. The predicted molar refractivity (Wildman–Crippen MR) is 108 cm³/mol. The molecule has 8 heteroatoms. The van der Waals surface area contributed by atoms with E-state index in [0.29, 0.717) is 27.9 Å². The summed E-state index contributed by atoms with van der Waals surface area (Å²) in [5.74, 6) is 1.55. The third kappa shape index (κ3) is 3.89. The van der Waals surface area contributed by atoms with E-state index < -0.39 is 11.7 Å². The Kier molecular flexibility index (Phi) is 5.22. The van der Waals surface area contributed by atoms with Gasteiger partial charge in [-0.3, -0.25) is 0 Å². The van der Waals surface area contributed by atoms with Crippen molar-refractivity contribution < 1.29 is 17.9 Å². The van der Waals surface area contributed by atoms with Crippen LogP contribution in [-0.2, 0) is 13.2 Å². The van der Waals surface area contributed by atoms with E-state index in [1.54, 1.807) is 55.6 Å². The Hall–Kier alpha value is -3.32. The van der Waals surface area contributed by atoms with Gasteiger partial charge in [0, 0.05) is 17.6 Å². The fourth-order valence-electron chi connectivity index (χ4n) is 3.09. The van der Waals surface area contributed by atoms with Crippen molar-refractivity contribution in [3.05, 3.63) is 83.4 Å². The van der Waals surface area contributed by atoms with Gasteiger partial charge in [-0.25, -0.2) is 0 Å². The Morgan fingerprint density at radius 2 is 1.37 bits per heavy atom. The van der Waals surface area contributed by atoms with Crippen molar-refractivity contribution in [1.82, 2.24) is 14.8 Å². The molecule has 3 aromatic carbocycles. The lowest BCUT2D eigenvalue weighted by molar-refractivity contribution is -0.137. The third-order valence-electron chi connectivity index (χ3n) is 4.52. The molecule has 4 aromatic rings. The summed E-state index contributed by atoms with van der Waals surface area (Å²) in [4.78, 5) is 0. The van der Waals surface area contributed by atoms with Gasteiger partial charge in [-0.1, -0.05) is 41.9 Å².